The van der Waals surface area contributed by atoms with Gasteiger partial charge in [0.1, 0.15) is 0 Å². The molecule has 6 heteroatoms. The SMILES string of the molecule is CCN(C)CCNS(=O)(=O)C1CCNC1. The molecule has 0 spiro atoms. The van der Waals surface area contributed by atoms with Crippen molar-refractivity contribution in [3.05, 3.63) is 0 Å². The molecule has 0 aromatic rings. The molecule has 1 rings (SSSR count). The van der Waals surface area contributed by atoms with E-state index in [1.807, 2.05) is 7.05 Å². The van der Waals surface area contributed by atoms with Crippen LogP contribution in [0, 0.1) is 0 Å². The molecule has 1 saturated heterocycles. The van der Waals surface area contributed by atoms with Crippen LogP contribution in [-0.2, 0) is 10.0 Å². The van der Waals surface area contributed by atoms with E-state index >= 15 is 0 Å². The standard InChI is InChI=1S/C9H21N3O2S/c1-3-12(2)7-6-11-15(13,14)9-4-5-10-8-9/h9-11H,3-8H2,1-2H3. The molecule has 1 aliphatic rings. The Bertz CT molecular complexity index is 273. The molecule has 90 valence electrons. The van der Waals surface area contributed by atoms with Crippen molar-refractivity contribution in [3.63, 3.8) is 0 Å². The van der Waals surface area contributed by atoms with Crippen LogP contribution < -0.4 is 10.0 Å². The van der Waals surface area contributed by atoms with E-state index in [1.54, 1.807) is 0 Å². The third kappa shape index (κ3) is 4.06. The Morgan fingerprint density at radius 2 is 2.27 bits per heavy atom. The van der Waals surface area contributed by atoms with Gasteiger partial charge in [-0.3, -0.25) is 0 Å². The third-order valence-electron chi connectivity index (χ3n) is 2.79. The lowest BCUT2D eigenvalue weighted by molar-refractivity contribution is 0.357. The largest absolute Gasteiger partial charge is 0.315 e. The van der Waals surface area contributed by atoms with Crippen molar-refractivity contribution in [1.82, 2.24) is 14.9 Å². The molecule has 1 atom stereocenters. The Morgan fingerprint density at radius 1 is 1.53 bits per heavy atom. The number of rotatable bonds is 6. The molecule has 0 radical (unpaired) electrons. The molecule has 1 heterocycles. The highest BCUT2D eigenvalue weighted by Crippen LogP contribution is 2.07. The molecule has 0 aromatic carbocycles. The van der Waals surface area contributed by atoms with Crippen molar-refractivity contribution >= 4 is 10.0 Å². The normalized spacial score (nSPS) is 22.5. The predicted molar refractivity (Wildman–Crippen MR) is 61.4 cm³/mol. The number of hydrogen-bond acceptors (Lipinski definition) is 4. The van der Waals surface area contributed by atoms with Crippen LogP contribution in [0.5, 0.6) is 0 Å². The van der Waals surface area contributed by atoms with Crippen LogP contribution in [-0.4, -0.2) is 58.3 Å². The summed E-state index contributed by atoms with van der Waals surface area (Å²) in [6.45, 7) is 5.64. The molecule has 2 N–H and O–H groups in total. The Kier molecular flexibility index (Phi) is 4.98. The van der Waals surface area contributed by atoms with Gasteiger partial charge in [0.25, 0.3) is 0 Å². The van der Waals surface area contributed by atoms with Crippen molar-refractivity contribution in [2.24, 2.45) is 0 Å². The average molecular weight is 235 g/mol. The van der Waals surface area contributed by atoms with Gasteiger partial charge in [-0.05, 0) is 26.6 Å². The Hall–Kier alpha value is -0.170. The maximum Gasteiger partial charge on any atom is 0.215 e. The van der Waals surface area contributed by atoms with Gasteiger partial charge >= 0.3 is 0 Å². The first kappa shape index (κ1) is 12.9. The summed E-state index contributed by atoms with van der Waals surface area (Å²) in [6.07, 6.45) is 0.721. The van der Waals surface area contributed by atoms with Crippen molar-refractivity contribution in [3.8, 4) is 0 Å². The second-order valence-electron chi connectivity index (χ2n) is 3.95. The zero-order chi connectivity index (χ0) is 11.3. The molecule has 1 aliphatic heterocycles. The zero-order valence-corrected chi connectivity index (χ0v) is 10.3. The summed E-state index contributed by atoms with van der Waals surface area (Å²) in [7, 11) is -1.13. The molecule has 0 aromatic heterocycles. The summed E-state index contributed by atoms with van der Waals surface area (Å²) in [5.74, 6) is 0. The summed E-state index contributed by atoms with van der Waals surface area (Å²) in [5, 5.41) is 2.81. The molecular weight excluding hydrogens is 214 g/mol. The number of likely N-dealkylation sites (N-methyl/N-ethyl adjacent to an activating group) is 1. The Balaban J connectivity index is 2.30. The molecular formula is C9H21N3O2S. The number of hydrogen-bond donors (Lipinski definition) is 2. The Labute approximate surface area is 92.3 Å². The summed E-state index contributed by atoms with van der Waals surface area (Å²) < 4.78 is 26.1. The van der Waals surface area contributed by atoms with Crippen LogP contribution in [0.1, 0.15) is 13.3 Å². The monoisotopic (exact) mass is 235 g/mol. The van der Waals surface area contributed by atoms with Gasteiger partial charge in [0.05, 0.1) is 5.25 Å². The van der Waals surface area contributed by atoms with Crippen LogP contribution in [0.25, 0.3) is 0 Å². The fourth-order valence-electron chi connectivity index (χ4n) is 1.55. The molecule has 0 amide bonds. The van der Waals surface area contributed by atoms with Gasteiger partial charge in [-0.1, -0.05) is 6.92 Å². The number of sulfonamides is 1. The topological polar surface area (TPSA) is 61.4 Å². The highest BCUT2D eigenvalue weighted by molar-refractivity contribution is 7.90. The summed E-state index contributed by atoms with van der Waals surface area (Å²) >= 11 is 0. The van der Waals surface area contributed by atoms with Gasteiger partial charge in [0.15, 0.2) is 0 Å². The maximum atomic E-state index is 11.7. The van der Waals surface area contributed by atoms with Gasteiger partial charge < -0.3 is 10.2 Å². The van der Waals surface area contributed by atoms with E-state index in [0.717, 1.165) is 26.1 Å². The van der Waals surface area contributed by atoms with E-state index in [-0.39, 0.29) is 5.25 Å². The maximum absolute atomic E-state index is 11.7. The smallest absolute Gasteiger partial charge is 0.215 e. The van der Waals surface area contributed by atoms with Crippen LogP contribution in [0.2, 0.25) is 0 Å². The molecule has 0 aliphatic carbocycles. The molecule has 1 unspecified atom stereocenters. The minimum Gasteiger partial charge on any atom is -0.315 e. The van der Waals surface area contributed by atoms with Gasteiger partial charge in [-0.15, -0.1) is 0 Å². The van der Waals surface area contributed by atoms with Crippen LogP contribution >= 0.6 is 0 Å². The minimum absolute atomic E-state index is 0.246. The lowest BCUT2D eigenvalue weighted by Gasteiger charge is -2.16. The van der Waals surface area contributed by atoms with Gasteiger partial charge in [0.2, 0.25) is 10.0 Å². The van der Waals surface area contributed by atoms with Gasteiger partial charge in [0, 0.05) is 19.6 Å². The third-order valence-corrected chi connectivity index (χ3v) is 4.68. The van der Waals surface area contributed by atoms with Crippen LogP contribution in [0.15, 0.2) is 0 Å². The molecule has 15 heavy (non-hydrogen) atoms. The first-order chi connectivity index (χ1) is 7.06. The quantitative estimate of drug-likeness (QED) is 0.634. The van der Waals surface area contributed by atoms with Crippen molar-refractivity contribution < 1.29 is 8.42 Å². The second-order valence-corrected chi connectivity index (χ2v) is 6.00. The lowest BCUT2D eigenvalue weighted by Crippen LogP contribution is -2.39. The summed E-state index contributed by atoms with van der Waals surface area (Å²) in [6, 6.07) is 0. The van der Waals surface area contributed by atoms with E-state index in [4.69, 9.17) is 0 Å². The fraction of sp³-hybridized carbons (Fsp3) is 1.00. The zero-order valence-electron chi connectivity index (χ0n) is 9.49. The number of nitrogens with one attached hydrogen (secondary N) is 2. The second kappa shape index (κ2) is 5.79. The van der Waals surface area contributed by atoms with Crippen LogP contribution in [0.3, 0.4) is 0 Å². The van der Waals surface area contributed by atoms with E-state index in [9.17, 15) is 8.42 Å². The minimum atomic E-state index is -3.10. The lowest BCUT2D eigenvalue weighted by atomic mass is 10.4. The first-order valence-corrected chi connectivity index (χ1v) is 6.98. The van der Waals surface area contributed by atoms with Crippen molar-refractivity contribution in [2.75, 3.05) is 39.8 Å². The highest BCUT2D eigenvalue weighted by Gasteiger charge is 2.27. The van der Waals surface area contributed by atoms with Crippen molar-refractivity contribution in [1.29, 1.82) is 0 Å². The van der Waals surface area contributed by atoms with E-state index in [0.29, 0.717) is 13.1 Å². The Morgan fingerprint density at radius 3 is 2.80 bits per heavy atom. The summed E-state index contributed by atoms with van der Waals surface area (Å²) in [4.78, 5) is 2.08. The van der Waals surface area contributed by atoms with E-state index < -0.39 is 10.0 Å². The van der Waals surface area contributed by atoms with E-state index in [1.165, 1.54) is 0 Å². The molecule has 0 saturated carbocycles. The predicted octanol–water partition coefficient (Wildman–Crippen LogP) is -0.781. The average Bonchev–Trinajstić information content (AvgIpc) is 2.70. The molecule has 5 nitrogen and oxygen atoms in total. The van der Waals surface area contributed by atoms with Gasteiger partial charge in [-0.25, -0.2) is 13.1 Å². The first-order valence-electron chi connectivity index (χ1n) is 5.44. The fourth-order valence-corrected chi connectivity index (χ4v) is 2.92. The highest BCUT2D eigenvalue weighted by atomic mass is 32.2. The van der Waals surface area contributed by atoms with Crippen LogP contribution in [0.4, 0.5) is 0 Å². The van der Waals surface area contributed by atoms with Gasteiger partial charge in [-0.2, -0.15) is 0 Å². The van der Waals surface area contributed by atoms with E-state index in [2.05, 4.69) is 21.9 Å². The summed E-state index contributed by atoms with van der Waals surface area (Å²) in [5.41, 5.74) is 0. The molecule has 1 fully saturated rings. The molecule has 0 bridgehead atoms. The number of nitrogens with zero attached hydrogens (tertiary/aromatic N) is 1. The van der Waals surface area contributed by atoms with Crippen molar-refractivity contribution in [2.45, 2.75) is 18.6 Å².